The van der Waals surface area contributed by atoms with Crippen molar-refractivity contribution in [2.24, 2.45) is 0 Å². The summed E-state index contributed by atoms with van der Waals surface area (Å²) in [7, 11) is 0. The third-order valence-corrected chi connectivity index (χ3v) is 8.89. The minimum atomic E-state index is 0.100. The van der Waals surface area contributed by atoms with Gasteiger partial charge < -0.3 is 9.88 Å². The first kappa shape index (κ1) is 24.3. The Morgan fingerprint density at radius 3 is 2.53 bits per heavy atom. The molecular weight excluding hydrogens is 528 g/mol. The normalized spacial score (nSPS) is 18.9. The third kappa shape index (κ3) is 3.73. The van der Waals surface area contributed by atoms with Crippen molar-refractivity contribution in [2.75, 3.05) is 5.32 Å². The molecule has 0 amide bonds. The van der Waals surface area contributed by atoms with E-state index in [0.29, 0.717) is 17.5 Å². The van der Waals surface area contributed by atoms with Crippen LogP contribution in [0.2, 0.25) is 0 Å². The summed E-state index contributed by atoms with van der Waals surface area (Å²) in [6.07, 6.45) is 15.2. The van der Waals surface area contributed by atoms with Crippen LogP contribution in [0.5, 0.6) is 0 Å². The lowest BCUT2D eigenvalue weighted by Crippen LogP contribution is -2.23. The van der Waals surface area contributed by atoms with Crippen LogP contribution in [-0.2, 0) is 0 Å². The molecule has 1 aromatic heterocycles. The number of benzene rings is 3. The molecule has 3 aliphatic heterocycles. The molecule has 43 heavy (non-hydrogen) atoms. The van der Waals surface area contributed by atoms with Gasteiger partial charge in [-0.3, -0.25) is 0 Å². The van der Waals surface area contributed by atoms with E-state index in [9.17, 15) is 0 Å². The Labute approximate surface area is 249 Å². The van der Waals surface area contributed by atoms with Crippen molar-refractivity contribution in [3.63, 3.8) is 0 Å². The number of nitrogens with zero attached hydrogens (tertiary/aromatic N) is 5. The summed E-state index contributed by atoms with van der Waals surface area (Å²) >= 11 is 0. The largest absolute Gasteiger partial charge is 0.363 e. The molecular formula is C37H28N6. The molecule has 206 valence electrons. The van der Waals surface area contributed by atoms with E-state index in [1.54, 1.807) is 0 Å². The Balaban J connectivity index is 1.39. The summed E-state index contributed by atoms with van der Waals surface area (Å²) in [6.45, 7) is 2.21. The van der Waals surface area contributed by atoms with E-state index in [1.165, 1.54) is 5.57 Å². The maximum Gasteiger partial charge on any atom is 0.181 e. The average molecular weight is 557 g/mol. The molecule has 0 saturated carbocycles. The van der Waals surface area contributed by atoms with Crippen LogP contribution in [0.25, 0.3) is 61.4 Å². The van der Waals surface area contributed by atoms with E-state index in [0.717, 1.165) is 68.4 Å². The summed E-state index contributed by atoms with van der Waals surface area (Å²) in [6, 6.07) is 25.5. The van der Waals surface area contributed by atoms with Gasteiger partial charge in [0.1, 0.15) is 5.82 Å². The molecule has 9 rings (SSSR count). The molecule has 6 nitrogen and oxygen atoms in total. The molecule has 0 bridgehead atoms. The predicted molar refractivity (Wildman–Crippen MR) is 174 cm³/mol. The number of rotatable bonds is 3. The minimum Gasteiger partial charge on any atom is -0.363 e. The number of allylic oxidation sites excluding steroid dienone is 6. The second-order valence-corrected chi connectivity index (χ2v) is 11.5. The highest BCUT2D eigenvalue weighted by atomic mass is 15.3. The lowest BCUT2D eigenvalue weighted by molar-refractivity contribution is 0.595. The Hall–Kier alpha value is -5.36. The first-order chi connectivity index (χ1) is 21.2. The number of para-hydroxylation sites is 1. The smallest absolute Gasteiger partial charge is 0.181 e. The predicted octanol–water partition coefficient (Wildman–Crippen LogP) is 8.40. The topological polar surface area (TPSA) is 68.5 Å². The highest BCUT2D eigenvalue weighted by molar-refractivity contribution is 6.04. The van der Waals surface area contributed by atoms with E-state index >= 15 is 0 Å². The molecule has 1 N–H and O–H groups in total. The van der Waals surface area contributed by atoms with Gasteiger partial charge in [0.25, 0.3) is 0 Å². The molecule has 3 aromatic carbocycles. The van der Waals surface area contributed by atoms with Gasteiger partial charge in [0.2, 0.25) is 0 Å². The molecule has 0 fully saturated rings. The van der Waals surface area contributed by atoms with Gasteiger partial charge in [0.15, 0.2) is 17.5 Å². The molecule has 5 aliphatic rings. The summed E-state index contributed by atoms with van der Waals surface area (Å²) in [5, 5.41) is 7.14. The van der Waals surface area contributed by atoms with E-state index < -0.39 is 0 Å². The molecule has 2 unspecified atom stereocenters. The number of hydrogen-bond donors (Lipinski definition) is 1. The fraction of sp³-hybridized carbons (Fsp3) is 0.135. The Bertz CT molecular complexity index is 2190. The van der Waals surface area contributed by atoms with Crippen LogP contribution in [0.3, 0.4) is 0 Å². The fourth-order valence-corrected chi connectivity index (χ4v) is 6.93. The maximum atomic E-state index is 5.31. The second kappa shape index (κ2) is 9.33. The third-order valence-electron chi connectivity index (χ3n) is 8.89. The van der Waals surface area contributed by atoms with Gasteiger partial charge in [0, 0.05) is 28.2 Å². The highest BCUT2D eigenvalue weighted by Crippen LogP contribution is 2.48. The van der Waals surface area contributed by atoms with Crippen molar-refractivity contribution in [1.82, 2.24) is 24.5 Å². The van der Waals surface area contributed by atoms with Crippen LogP contribution in [0, 0.1) is 0 Å². The van der Waals surface area contributed by atoms with E-state index in [2.05, 4.69) is 120 Å². The van der Waals surface area contributed by atoms with Gasteiger partial charge >= 0.3 is 0 Å². The standard InChI is InChI=1S/C37H28N6/c1-22-11-9-20-29-33(22)43-31(39-29)21-30-32(27-17-7-8-19-28(27)38-30)34(43)37-41-35(24-13-3-2-4-14-24)40-36(42-37)26-18-10-15-23-12-5-6-16-25(23)26/h3,5-21,29,33,39H,2,4H2,1H3. The molecule has 2 aliphatic carbocycles. The first-order valence-corrected chi connectivity index (χ1v) is 14.9. The molecule has 0 radical (unpaired) electrons. The maximum absolute atomic E-state index is 5.31. The number of nitrogens with one attached hydrogen (secondary N) is 1. The minimum absolute atomic E-state index is 0.100. The number of aromatic nitrogens is 5. The number of anilines is 1. The summed E-state index contributed by atoms with van der Waals surface area (Å²) < 4.78 is 2.40. The zero-order valence-corrected chi connectivity index (χ0v) is 23.7. The molecule has 0 saturated heterocycles. The Kier molecular flexibility index (Phi) is 5.26. The molecule has 2 atom stereocenters. The average Bonchev–Trinajstić information content (AvgIpc) is 3.62. The first-order valence-electron chi connectivity index (χ1n) is 14.9. The van der Waals surface area contributed by atoms with Crippen molar-refractivity contribution >= 4 is 33.1 Å². The van der Waals surface area contributed by atoms with Crippen molar-refractivity contribution in [3.05, 3.63) is 121 Å². The summed E-state index contributed by atoms with van der Waals surface area (Å²) in [5.74, 6) is 3.04. The van der Waals surface area contributed by atoms with Crippen molar-refractivity contribution in [2.45, 2.75) is 31.8 Å². The van der Waals surface area contributed by atoms with Gasteiger partial charge in [-0.15, -0.1) is 0 Å². The van der Waals surface area contributed by atoms with Gasteiger partial charge in [0.05, 0.1) is 29.0 Å². The van der Waals surface area contributed by atoms with Crippen LogP contribution >= 0.6 is 0 Å². The molecule has 6 heteroatoms. The van der Waals surface area contributed by atoms with Crippen molar-refractivity contribution in [3.8, 4) is 34.2 Å². The number of fused-ring (bicyclic) bond motifs is 7. The van der Waals surface area contributed by atoms with E-state index in [1.807, 2.05) is 6.07 Å². The molecule has 4 aromatic rings. The van der Waals surface area contributed by atoms with Crippen molar-refractivity contribution in [1.29, 1.82) is 0 Å². The zero-order chi connectivity index (χ0) is 28.5. The highest BCUT2D eigenvalue weighted by Gasteiger charge is 2.38. The van der Waals surface area contributed by atoms with E-state index in [-0.39, 0.29) is 12.1 Å². The van der Waals surface area contributed by atoms with Gasteiger partial charge in [-0.05, 0) is 42.2 Å². The quantitative estimate of drug-likeness (QED) is 0.237. The summed E-state index contributed by atoms with van der Waals surface area (Å²) in [4.78, 5) is 20.7. The van der Waals surface area contributed by atoms with Crippen LogP contribution in [0.4, 0.5) is 5.82 Å². The lowest BCUT2D eigenvalue weighted by Gasteiger charge is -2.25. The number of hydrogen-bond acceptors (Lipinski definition) is 5. The lowest BCUT2D eigenvalue weighted by atomic mass is 9.95. The van der Waals surface area contributed by atoms with Crippen LogP contribution in [0.15, 0.2) is 115 Å². The number of pyridine rings is 1. The monoisotopic (exact) mass is 556 g/mol. The Morgan fingerprint density at radius 1 is 0.814 bits per heavy atom. The van der Waals surface area contributed by atoms with Crippen molar-refractivity contribution < 1.29 is 0 Å². The van der Waals surface area contributed by atoms with Gasteiger partial charge in [-0.2, -0.15) is 0 Å². The van der Waals surface area contributed by atoms with Gasteiger partial charge in [-0.25, -0.2) is 19.9 Å². The van der Waals surface area contributed by atoms with Crippen LogP contribution < -0.4 is 5.32 Å². The SMILES string of the molecule is CC1=CC=CC2Nc3cc4nc5ccccc5c-4c(-c4nc(C5=CCCC=C5)nc(-c5cccc6ccccc56)n4)n3C12. The van der Waals surface area contributed by atoms with Crippen LogP contribution in [-0.4, -0.2) is 30.5 Å². The zero-order valence-electron chi connectivity index (χ0n) is 23.7. The summed E-state index contributed by atoms with van der Waals surface area (Å²) in [5.41, 5.74) is 7.25. The van der Waals surface area contributed by atoms with Gasteiger partial charge in [-0.1, -0.05) is 97.1 Å². The fourth-order valence-electron chi connectivity index (χ4n) is 6.93. The second-order valence-electron chi connectivity index (χ2n) is 11.5. The molecule has 0 spiro atoms. The van der Waals surface area contributed by atoms with E-state index in [4.69, 9.17) is 19.9 Å². The van der Waals surface area contributed by atoms with Crippen LogP contribution in [0.1, 0.15) is 31.6 Å². The molecule has 4 heterocycles. The Morgan fingerprint density at radius 2 is 1.63 bits per heavy atom.